The standard InChI is InChI=1S/C16H24N2O2/c1-11-7-5-6-8-12(11)14-13(17)9-10-18(14)15(19)20-16(2,3)4/h5-8,13-14H,9-10,17H2,1-4H3/t13-,14+/m0/s1. The molecule has 2 N–H and O–H groups in total. The Labute approximate surface area is 120 Å². The molecule has 0 aliphatic carbocycles. The number of aryl methyl sites for hydroxylation is 1. The van der Waals surface area contributed by atoms with Crippen molar-refractivity contribution in [1.82, 2.24) is 4.90 Å². The normalized spacial score (nSPS) is 22.9. The van der Waals surface area contributed by atoms with Crippen LogP contribution in [0.5, 0.6) is 0 Å². The van der Waals surface area contributed by atoms with Gasteiger partial charge in [0, 0.05) is 12.6 Å². The molecule has 0 saturated carbocycles. The molecule has 4 heteroatoms. The number of rotatable bonds is 1. The van der Waals surface area contributed by atoms with Gasteiger partial charge in [0.2, 0.25) is 0 Å². The van der Waals surface area contributed by atoms with Crippen LogP contribution in [0.1, 0.15) is 44.4 Å². The number of likely N-dealkylation sites (tertiary alicyclic amines) is 1. The summed E-state index contributed by atoms with van der Waals surface area (Å²) in [5.74, 6) is 0. The molecule has 1 aromatic rings. The number of ether oxygens (including phenoxy) is 1. The van der Waals surface area contributed by atoms with Gasteiger partial charge < -0.3 is 10.5 Å². The van der Waals surface area contributed by atoms with Crippen LogP contribution in [0.25, 0.3) is 0 Å². The monoisotopic (exact) mass is 276 g/mol. The summed E-state index contributed by atoms with van der Waals surface area (Å²) in [4.78, 5) is 14.1. The van der Waals surface area contributed by atoms with Crippen molar-refractivity contribution in [2.24, 2.45) is 5.73 Å². The van der Waals surface area contributed by atoms with Gasteiger partial charge in [0.05, 0.1) is 6.04 Å². The minimum atomic E-state index is -0.486. The van der Waals surface area contributed by atoms with Gasteiger partial charge >= 0.3 is 6.09 Å². The highest BCUT2D eigenvalue weighted by molar-refractivity contribution is 5.69. The predicted octanol–water partition coefficient (Wildman–Crippen LogP) is 3.00. The van der Waals surface area contributed by atoms with Crippen molar-refractivity contribution >= 4 is 6.09 Å². The summed E-state index contributed by atoms with van der Waals surface area (Å²) in [7, 11) is 0. The molecule has 0 unspecified atom stereocenters. The maximum Gasteiger partial charge on any atom is 0.410 e. The lowest BCUT2D eigenvalue weighted by Crippen LogP contribution is -2.39. The summed E-state index contributed by atoms with van der Waals surface area (Å²) in [6.07, 6.45) is 0.525. The second-order valence-corrected chi connectivity index (χ2v) is 6.43. The number of carbonyl (C=O) groups is 1. The lowest BCUT2D eigenvalue weighted by atomic mass is 9.96. The molecule has 1 aliphatic heterocycles. The highest BCUT2D eigenvalue weighted by atomic mass is 16.6. The van der Waals surface area contributed by atoms with Crippen LogP contribution in [0.15, 0.2) is 24.3 Å². The SMILES string of the molecule is Cc1ccccc1[C@@H]1[C@@H](N)CCN1C(=O)OC(C)(C)C. The van der Waals surface area contributed by atoms with Crippen LogP contribution in [0.4, 0.5) is 4.79 Å². The first-order chi connectivity index (χ1) is 9.29. The highest BCUT2D eigenvalue weighted by Crippen LogP contribution is 2.34. The topological polar surface area (TPSA) is 55.6 Å². The summed E-state index contributed by atoms with van der Waals surface area (Å²) in [5, 5.41) is 0. The first-order valence-corrected chi connectivity index (χ1v) is 7.10. The van der Waals surface area contributed by atoms with Gasteiger partial charge in [-0.05, 0) is 45.2 Å². The molecule has 0 bridgehead atoms. The third kappa shape index (κ3) is 3.12. The van der Waals surface area contributed by atoms with Gasteiger partial charge in [0.1, 0.15) is 5.60 Å². The van der Waals surface area contributed by atoms with E-state index in [0.29, 0.717) is 6.54 Å². The van der Waals surface area contributed by atoms with Crippen molar-refractivity contribution < 1.29 is 9.53 Å². The average Bonchev–Trinajstić information content (AvgIpc) is 2.70. The Hall–Kier alpha value is -1.55. The number of nitrogens with zero attached hydrogens (tertiary/aromatic N) is 1. The van der Waals surface area contributed by atoms with Crippen molar-refractivity contribution in [3.63, 3.8) is 0 Å². The number of nitrogens with two attached hydrogens (primary N) is 1. The molecule has 1 heterocycles. The van der Waals surface area contributed by atoms with Crippen molar-refractivity contribution in [2.75, 3.05) is 6.54 Å². The lowest BCUT2D eigenvalue weighted by molar-refractivity contribution is 0.0218. The summed E-state index contributed by atoms with van der Waals surface area (Å²) in [6, 6.07) is 7.95. The van der Waals surface area contributed by atoms with Gasteiger partial charge in [0.25, 0.3) is 0 Å². The zero-order valence-corrected chi connectivity index (χ0v) is 12.7. The Morgan fingerprint density at radius 2 is 2.00 bits per heavy atom. The van der Waals surface area contributed by atoms with Crippen molar-refractivity contribution in [1.29, 1.82) is 0 Å². The molecule has 1 aliphatic rings. The third-order valence-corrected chi connectivity index (χ3v) is 3.58. The van der Waals surface area contributed by atoms with Gasteiger partial charge in [-0.15, -0.1) is 0 Å². The molecule has 4 nitrogen and oxygen atoms in total. The molecule has 1 amide bonds. The van der Waals surface area contributed by atoms with E-state index in [1.165, 1.54) is 0 Å². The van der Waals surface area contributed by atoms with Gasteiger partial charge in [-0.2, -0.15) is 0 Å². The minimum Gasteiger partial charge on any atom is -0.444 e. The van der Waals surface area contributed by atoms with Crippen LogP contribution in [-0.2, 0) is 4.74 Å². The van der Waals surface area contributed by atoms with E-state index in [9.17, 15) is 4.79 Å². The van der Waals surface area contributed by atoms with Crippen molar-refractivity contribution in [2.45, 2.75) is 51.8 Å². The number of hydrogen-bond acceptors (Lipinski definition) is 3. The molecule has 0 radical (unpaired) electrons. The molecule has 1 fully saturated rings. The Morgan fingerprint density at radius 3 is 2.60 bits per heavy atom. The Morgan fingerprint density at radius 1 is 1.35 bits per heavy atom. The molecule has 0 aromatic heterocycles. The summed E-state index contributed by atoms with van der Waals surface area (Å²) >= 11 is 0. The summed E-state index contributed by atoms with van der Waals surface area (Å²) in [5.41, 5.74) is 8.01. The maximum absolute atomic E-state index is 12.3. The Balaban J connectivity index is 2.26. The van der Waals surface area contributed by atoms with Crippen molar-refractivity contribution in [3.8, 4) is 0 Å². The summed E-state index contributed by atoms with van der Waals surface area (Å²) in [6.45, 7) is 8.33. The Bertz CT molecular complexity index is 493. The van der Waals surface area contributed by atoms with Crippen LogP contribution < -0.4 is 5.73 Å². The smallest absolute Gasteiger partial charge is 0.410 e. The van der Waals surface area contributed by atoms with E-state index < -0.39 is 5.60 Å². The van der Waals surface area contributed by atoms with Crippen LogP contribution >= 0.6 is 0 Å². The fourth-order valence-corrected chi connectivity index (χ4v) is 2.66. The average molecular weight is 276 g/mol. The fourth-order valence-electron chi connectivity index (χ4n) is 2.66. The zero-order valence-electron chi connectivity index (χ0n) is 12.7. The van der Waals surface area contributed by atoms with E-state index in [-0.39, 0.29) is 18.2 Å². The fraction of sp³-hybridized carbons (Fsp3) is 0.562. The predicted molar refractivity (Wildman–Crippen MR) is 79.5 cm³/mol. The van der Waals surface area contributed by atoms with Gasteiger partial charge in [-0.25, -0.2) is 4.79 Å². The maximum atomic E-state index is 12.3. The Kier molecular flexibility index (Phi) is 4.04. The molecule has 1 saturated heterocycles. The lowest BCUT2D eigenvalue weighted by Gasteiger charge is -2.30. The quantitative estimate of drug-likeness (QED) is 0.858. The van der Waals surface area contributed by atoms with E-state index in [4.69, 9.17) is 10.5 Å². The molecule has 110 valence electrons. The van der Waals surface area contributed by atoms with Gasteiger partial charge in [0.15, 0.2) is 0 Å². The zero-order chi connectivity index (χ0) is 14.9. The minimum absolute atomic E-state index is 0.0383. The largest absolute Gasteiger partial charge is 0.444 e. The van der Waals surface area contributed by atoms with E-state index in [1.807, 2.05) is 52.0 Å². The van der Waals surface area contributed by atoms with Gasteiger partial charge in [-0.3, -0.25) is 4.90 Å². The molecule has 2 rings (SSSR count). The molecular weight excluding hydrogens is 252 g/mol. The first-order valence-electron chi connectivity index (χ1n) is 7.10. The third-order valence-electron chi connectivity index (χ3n) is 3.58. The number of amides is 1. The number of benzene rings is 1. The second kappa shape index (κ2) is 5.44. The van der Waals surface area contributed by atoms with Crippen LogP contribution in [0.3, 0.4) is 0 Å². The van der Waals surface area contributed by atoms with E-state index in [2.05, 4.69) is 0 Å². The van der Waals surface area contributed by atoms with Crippen LogP contribution in [0, 0.1) is 6.92 Å². The summed E-state index contributed by atoms with van der Waals surface area (Å²) < 4.78 is 5.49. The second-order valence-electron chi connectivity index (χ2n) is 6.43. The highest BCUT2D eigenvalue weighted by Gasteiger charge is 2.38. The number of carbonyl (C=O) groups excluding carboxylic acids is 1. The number of hydrogen-bond donors (Lipinski definition) is 1. The molecule has 20 heavy (non-hydrogen) atoms. The van der Waals surface area contributed by atoms with Gasteiger partial charge in [-0.1, -0.05) is 24.3 Å². The van der Waals surface area contributed by atoms with Crippen LogP contribution in [-0.4, -0.2) is 29.2 Å². The van der Waals surface area contributed by atoms with Crippen molar-refractivity contribution in [3.05, 3.63) is 35.4 Å². The van der Waals surface area contributed by atoms with E-state index in [1.54, 1.807) is 4.90 Å². The van der Waals surface area contributed by atoms with Crippen LogP contribution in [0.2, 0.25) is 0 Å². The molecule has 1 aromatic carbocycles. The first kappa shape index (κ1) is 14.9. The van der Waals surface area contributed by atoms with E-state index in [0.717, 1.165) is 17.5 Å². The van der Waals surface area contributed by atoms with E-state index >= 15 is 0 Å². The molecular formula is C16H24N2O2. The molecule has 2 atom stereocenters. The molecule has 0 spiro atoms.